The van der Waals surface area contributed by atoms with Crippen molar-refractivity contribution in [3.63, 3.8) is 0 Å². The van der Waals surface area contributed by atoms with E-state index in [4.69, 9.17) is 9.47 Å². The molecular formula is C78H102N4O8. The molecule has 17 unspecified atom stereocenters. The SMILES string of the molecule is CNCCC1(C)C(=O)C2c3cc[nH]c3C3CCC2(C3)C2(C)C1CCC13CC#CCC4Cc5c[nH]c6c(C7C(=O)C(CCC(C)C)Cc8c7cc(C7CCCCC7)cc8C7(O)CCOCC7)cn(c56)CC(C5=C(C(=O)CC51C)C4(C)CC(O)C1OC1(C)C)C(O)C32. The van der Waals surface area contributed by atoms with Crippen molar-refractivity contribution in [2.45, 2.75) is 250 Å². The highest BCUT2D eigenvalue weighted by molar-refractivity contribution is 6.02. The van der Waals surface area contributed by atoms with Gasteiger partial charge in [0.1, 0.15) is 17.7 Å². The van der Waals surface area contributed by atoms with Gasteiger partial charge in [-0.1, -0.05) is 79.4 Å². The summed E-state index contributed by atoms with van der Waals surface area (Å²) in [5.74, 6) is 7.37. The number of rotatable bonds is 12. The molecule has 482 valence electrons. The Morgan fingerprint density at radius 3 is 2.39 bits per heavy atom. The lowest BCUT2D eigenvalue weighted by Crippen LogP contribution is -2.74. The molecule has 5 saturated carbocycles. The molecule has 4 aromatic rings. The molecule has 12 heteroatoms. The Bertz CT molecular complexity index is 3720. The maximum absolute atomic E-state index is 16.5. The quantitative estimate of drug-likeness (QED) is 0.0594. The van der Waals surface area contributed by atoms with E-state index in [9.17, 15) is 10.2 Å². The topological polar surface area (TPSA) is 182 Å². The summed E-state index contributed by atoms with van der Waals surface area (Å²) in [5.41, 5.74) is 7.25. The summed E-state index contributed by atoms with van der Waals surface area (Å²) in [4.78, 5) is 56.7. The van der Waals surface area contributed by atoms with Gasteiger partial charge in [0.25, 0.3) is 0 Å². The molecular weight excluding hydrogens is 1120 g/mol. The molecule has 12 nitrogen and oxygen atoms in total. The molecule has 3 aromatic heterocycles. The molecule has 6 N–H and O–H groups in total. The molecule has 2 spiro atoms. The molecule has 0 radical (unpaired) electrons. The van der Waals surface area contributed by atoms with Crippen LogP contribution in [0.3, 0.4) is 0 Å². The second-order valence-corrected chi connectivity index (χ2v) is 33.9. The minimum Gasteiger partial charge on any atom is -0.392 e. The number of nitrogens with zero attached hydrogens (tertiary/aromatic N) is 1. The molecule has 1 aromatic carbocycles. The van der Waals surface area contributed by atoms with Crippen LogP contribution in [0.4, 0.5) is 0 Å². The molecule has 3 aliphatic heterocycles. The van der Waals surface area contributed by atoms with Crippen LogP contribution in [0.25, 0.3) is 11.0 Å². The average molecular weight is 1220 g/mol. The Balaban J connectivity index is 0.940. The van der Waals surface area contributed by atoms with E-state index in [1.807, 2.05) is 20.9 Å². The number of ketones is 3. The fourth-order valence-electron chi connectivity index (χ4n) is 24.6. The van der Waals surface area contributed by atoms with Gasteiger partial charge in [-0.15, -0.1) is 11.8 Å². The van der Waals surface area contributed by atoms with Crippen molar-refractivity contribution in [2.75, 3.05) is 26.8 Å². The maximum atomic E-state index is 16.5. The first-order valence-electron chi connectivity index (χ1n) is 35.8. The van der Waals surface area contributed by atoms with Crippen molar-refractivity contribution >= 4 is 28.4 Å². The van der Waals surface area contributed by atoms with Crippen molar-refractivity contribution in [1.29, 1.82) is 0 Å². The maximum Gasteiger partial charge on any atom is 0.160 e. The predicted molar refractivity (Wildman–Crippen MR) is 348 cm³/mol. The van der Waals surface area contributed by atoms with Crippen molar-refractivity contribution in [3.05, 3.63) is 92.6 Å². The Morgan fingerprint density at radius 2 is 1.64 bits per heavy atom. The highest BCUT2D eigenvalue weighted by atomic mass is 16.6. The zero-order chi connectivity index (χ0) is 62.6. The predicted octanol–water partition coefficient (Wildman–Crippen LogP) is 13.1. The first kappa shape index (κ1) is 60.3. The molecule has 12 aliphatic rings. The van der Waals surface area contributed by atoms with Gasteiger partial charge in [-0.2, -0.15) is 0 Å². The highest BCUT2D eigenvalue weighted by Crippen LogP contribution is 2.84. The number of aromatic nitrogens is 3. The number of hydrogen-bond donors (Lipinski definition) is 6. The summed E-state index contributed by atoms with van der Waals surface area (Å²) in [6.07, 6.45) is 20.8. The summed E-state index contributed by atoms with van der Waals surface area (Å²) in [7, 11) is 2.00. The number of hydrogen-bond acceptors (Lipinski definition) is 9. The lowest BCUT2D eigenvalue weighted by molar-refractivity contribution is -0.270. The van der Waals surface area contributed by atoms with Crippen molar-refractivity contribution < 1.29 is 39.2 Å². The van der Waals surface area contributed by atoms with Gasteiger partial charge in [0.05, 0.1) is 46.3 Å². The van der Waals surface area contributed by atoms with Crippen LogP contribution in [0.5, 0.6) is 0 Å². The Kier molecular flexibility index (Phi) is 13.9. The second-order valence-electron chi connectivity index (χ2n) is 33.9. The Hall–Kier alpha value is -4.61. The van der Waals surface area contributed by atoms with E-state index in [0.29, 0.717) is 102 Å². The van der Waals surface area contributed by atoms with Gasteiger partial charge in [-0.05, 0) is 201 Å². The van der Waals surface area contributed by atoms with Crippen LogP contribution in [-0.2, 0) is 48.8 Å². The minimum atomic E-state index is -1.08. The van der Waals surface area contributed by atoms with Crippen LogP contribution in [0.15, 0.2) is 47.9 Å². The molecule has 17 atom stereocenters. The Labute approximate surface area is 534 Å². The first-order chi connectivity index (χ1) is 43.0. The van der Waals surface area contributed by atoms with Crippen LogP contribution in [0.1, 0.15) is 246 Å². The van der Waals surface area contributed by atoms with E-state index < -0.39 is 67.7 Å². The monoisotopic (exact) mass is 1220 g/mol. The number of nitrogens with one attached hydrogen (secondary N) is 3. The van der Waals surface area contributed by atoms with Crippen LogP contribution in [0, 0.1) is 79.8 Å². The lowest BCUT2D eigenvalue weighted by atomic mass is 9.27. The summed E-state index contributed by atoms with van der Waals surface area (Å²) in [5, 5.41) is 44.4. The van der Waals surface area contributed by atoms with Gasteiger partial charge in [-0.3, -0.25) is 14.4 Å². The van der Waals surface area contributed by atoms with E-state index in [1.54, 1.807) is 0 Å². The molecule has 7 bridgehead atoms. The molecule has 9 aliphatic carbocycles. The van der Waals surface area contributed by atoms with Crippen molar-refractivity contribution in [1.82, 2.24) is 19.9 Å². The summed E-state index contributed by atoms with van der Waals surface area (Å²) < 4.78 is 14.7. The number of carbonyl (C=O) groups is 3. The number of epoxide rings is 1. The first-order valence-corrected chi connectivity index (χ1v) is 35.8. The molecule has 16 rings (SSSR count). The zero-order valence-electron chi connectivity index (χ0n) is 55.5. The normalized spacial score (nSPS) is 40.7. The largest absolute Gasteiger partial charge is 0.392 e. The minimum absolute atomic E-state index is 0.0308. The highest BCUT2D eigenvalue weighted by Gasteiger charge is 2.81. The smallest absolute Gasteiger partial charge is 0.160 e. The lowest BCUT2D eigenvalue weighted by Gasteiger charge is -2.76. The molecule has 0 amide bonds. The average Bonchev–Trinajstić information content (AvgIpc) is 1.17. The third-order valence-electron chi connectivity index (χ3n) is 29.0. The molecule has 2 saturated heterocycles. The van der Waals surface area contributed by atoms with Crippen LogP contribution in [0.2, 0.25) is 0 Å². The summed E-state index contributed by atoms with van der Waals surface area (Å²) >= 11 is 0. The van der Waals surface area contributed by atoms with Crippen LogP contribution < -0.4 is 5.32 Å². The number of carbonyl (C=O) groups excluding carboxylic acids is 3. The summed E-state index contributed by atoms with van der Waals surface area (Å²) in [6, 6.07) is 6.99. The fourth-order valence-corrected chi connectivity index (χ4v) is 24.6. The number of fused-ring (bicyclic) bond motifs is 8. The standard InChI is InChI=1S/C78H102N4O8/c1-43(2)18-19-45-34-51-52(35-47(44-15-11-10-12-16-44)36-55(51)78(88)27-31-89-32-28-78)59(66(45)85)53-41-82-42-54-60-62-56(83)39-74(60,7)76(23-14-13-17-49(33-48-40-81-64(53)65(48)82)73(62,6)38-57(84)70-71(3,4)90-70)25-21-58-72(5,26-30-79-9)69(87)61-50-22-29-80-63(50)46-20-24-77(61,37-46)75(58,8)68(76)67(54)86/h22,29,35-36,40-41,43-46,49,54,57-59,61,67-68,70,79-81,84,86,88H,10-12,15-21,23-28,30-34,37-39,42H2,1-9H3. The van der Waals surface area contributed by atoms with Crippen LogP contribution >= 0.6 is 0 Å². The van der Waals surface area contributed by atoms with E-state index in [0.717, 1.165) is 108 Å². The van der Waals surface area contributed by atoms with E-state index in [2.05, 4.69) is 110 Å². The summed E-state index contributed by atoms with van der Waals surface area (Å²) in [6.45, 7) is 20.2. The fraction of sp³-hybridized carbons (Fsp3) is 0.705. The number of ether oxygens (including phenoxy) is 2. The van der Waals surface area contributed by atoms with Crippen LogP contribution in [-0.4, -0.2) is 97.9 Å². The molecule has 6 heterocycles. The van der Waals surface area contributed by atoms with E-state index >= 15 is 19.5 Å². The number of Topliss-reactive ketones (excluding diaryl/α,β-unsaturated/α-hetero) is 3. The third-order valence-corrected chi connectivity index (χ3v) is 29.0. The van der Waals surface area contributed by atoms with Gasteiger partial charge in [-0.25, -0.2) is 0 Å². The zero-order valence-corrected chi connectivity index (χ0v) is 55.5. The number of benzene rings is 1. The second kappa shape index (κ2) is 20.7. The number of aliphatic hydroxyl groups excluding tert-OH is 2. The van der Waals surface area contributed by atoms with Gasteiger partial charge < -0.3 is 44.6 Å². The third kappa shape index (κ3) is 8.10. The number of allylic oxidation sites excluding steroid dienone is 1. The van der Waals surface area contributed by atoms with E-state index in [-0.39, 0.29) is 53.2 Å². The molecule has 90 heavy (non-hydrogen) atoms. The van der Waals surface area contributed by atoms with Gasteiger partial charge in [0.15, 0.2) is 5.78 Å². The Morgan fingerprint density at radius 1 is 0.878 bits per heavy atom. The van der Waals surface area contributed by atoms with Crippen molar-refractivity contribution in [3.8, 4) is 11.8 Å². The number of aromatic amines is 2. The van der Waals surface area contributed by atoms with Gasteiger partial charge in [0, 0.05) is 115 Å². The number of H-pyrrole nitrogens is 2. The molecule has 7 fully saturated rings. The number of aliphatic hydroxyl groups is 3. The van der Waals surface area contributed by atoms with Gasteiger partial charge >= 0.3 is 0 Å². The van der Waals surface area contributed by atoms with Crippen molar-refractivity contribution in [2.24, 2.45) is 68.0 Å². The van der Waals surface area contributed by atoms with Gasteiger partial charge in [0.2, 0.25) is 0 Å². The van der Waals surface area contributed by atoms with E-state index in [1.165, 1.54) is 36.1 Å².